The fourth-order valence-electron chi connectivity index (χ4n) is 1.68. The van der Waals surface area contributed by atoms with Gasteiger partial charge in [-0.2, -0.15) is 0 Å². The summed E-state index contributed by atoms with van der Waals surface area (Å²) in [6, 6.07) is -0.970. The summed E-state index contributed by atoms with van der Waals surface area (Å²) < 4.78 is 57.8. The topological polar surface area (TPSA) is 0 Å². The Bertz CT molecular complexity index is 1010. The first-order chi connectivity index (χ1) is 11.0. The molecule has 0 amide bonds. The van der Waals surface area contributed by atoms with Gasteiger partial charge in [0, 0.05) is 20.2 Å². The second-order valence-corrected chi connectivity index (χ2v) is 6.03. The van der Waals surface area contributed by atoms with Crippen LogP contribution in [-0.2, 0) is 5.41 Å². The van der Waals surface area contributed by atoms with Gasteiger partial charge in [-0.15, -0.1) is 11.3 Å². The molecule has 0 saturated heterocycles. The smallest absolute Gasteiger partial charge is 0.0638 e. The Hall–Kier alpha value is -1.34. The van der Waals surface area contributed by atoms with Crippen LogP contribution >= 0.6 is 11.3 Å². The predicted molar refractivity (Wildman–Crippen MR) is 78.0 cm³/mol. The van der Waals surface area contributed by atoms with Crippen LogP contribution < -0.4 is 0 Å². The summed E-state index contributed by atoms with van der Waals surface area (Å²) >= 11 is 1.06. The van der Waals surface area contributed by atoms with Gasteiger partial charge in [-0.1, -0.05) is 44.9 Å². The van der Waals surface area contributed by atoms with Crippen LogP contribution in [0.3, 0.4) is 0 Å². The number of rotatable bonds is 0. The summed E-state index contributed by atoms with van der Waals surface area (Å²) in [6.07, 6.45) is 0. The average Bonchev–Trinajstić information content (AvgIpc) is 2.88. The molecule has 0 unspecified atom stereocenters. The Kier molecular flexibility index (Phi) is 1.16. The quantitative estimate of drug-likeness (QED) is 0.502. The molecule has 0 nitrogen and oxygen atoms in total. The van der Waals surface area contributed by atoms with E-state index in [0.29, 0.717) is 20.3 Å². The van der Waals surface area contributed by atoms with E-state index in [2.05, 4.69) is 0 Å². The summed E-state index contributed by atoms with van der Waals surface area (Å²) in [7, 11) is 0. The zero-order valence-corrected chi connectivity index (χ0v) is 10.7. The van der Waals surface area contributed by atoms with E-state index in [9.17, 15) is 0 Å². The fourth-order valence-corrected chi connectivity index (χ4v) is 2.60. The fraction of sp³-hybridized carbons (Fsp3) is 0.250. The SMILES string of the molecule is [2H]c1c([2H])c([2H])c2c(sc3c([2H])c([2H])c(C(C)(C)C)c([2H])c32)c1[2H]. The van der Waals surface area contributed by atoms with Gasteiger partial charge in [-0.25, -0.2) is 0 Å². The van der Waals surface area contributed by atoms with Gasteiger partial charge in [0.1, 0.15) is 0 Å². The van der Waals surface area contributed by atoms with E-state index in [1.807, 2.05) is 20.8 Å². The third kappa shape index (κ3) is 1.75. The molecule has 1 heterocycles. The second kappa shape index (κ2) is 3.58. The molecule has 0 saturated carbocycles. The van der Waals surface area contributed by atoms with Gasteiger partial charge in [0.15, 0.2) is 0 Å². The van der Waals surface area contributed by atoms with Gasteiger partial charge >= 0.3 is 0 Å². The first-order valence-electron chi connectivity index (χ1n) is 8.91. The molecule has 0 bridgehead atoms. The summed E-state index contributed by atoms with van der Waals surface area (Å²) in [5.41, 5.74) is -0.0931. The van der Waals surface area contributed by atoms with Crippen LogP contribution in [0.25, 0.3) is 20.2 Å². The van der Waals surface area contributed by atoms with Crippen molar-refractivity contribution in [1.82, 2.24) is 0 Å². The third-order valence-corrected chi connectivity index (χ3v) is 3.66. The van der Waals surface area contributed by atoms with Crippen molar-refractivity contribution in [3.63, 3.8) is 0 Å². The molecule has 1 heteroatoms. The van der Waals surface area contributed by atoms with Crippen molar-refractivity contribution < 1.29 is 9.60 Å². The van der Waals surface area contributed by atoms with Crippen LogP contribution in [0.5, 0.6) is 0 Å². The highest BCUT2D eigenvalue weighted by molar-refractivity contribution is 7.25. The molecule has 0 fully saturated rings. The number of benzene rings is 2. The zero-order chi connectivity index (χ0) is 18.1. The van der Waals surface area contributed by atoms with Gasteiger partial charge in [0.25, 0.3) is 0 Å². The van der Waals surface area contributed by atoms with Crippen LogP contribution in [0, 0.1) is 0 Å². The Balaban J connectivity index is 2.70. The molecule has 17 heavy (non-hydrogen) atoms. The maximum atomic E-state index is 8.57. The minimum absolute atomic E-state index is 0.0122. The molecule has 0 atom stereocenters. The van der Waals surface area contributed by atoms with Crippen LogP contribution in [-0.4, -0.2) is 0 Å². The van der Waals surface area contributed by atoms with E-state index in [4.69, 9.17) is 9.60 Å². The maximum Gasteiger partial charge on any atom is 0.0638 e. The molecule has 2 aromatic carbocycles. The van der Waals surface area contributed by atoms with Gasteiger partial charge < -0.3 is 0 Å². The number of thiophene rings is 1. The Labute approximate surface area is 116 Å². The Morgan fingerprint density at radius 3 is 2.41 bits per heavy atom. The first-order valence-corrected chi connectivity index (χ1v) is 6.22. The standard InChI is InChI=1S/C16H16S/c1-16(2,3)11-8-9-15-13(10-11)12-6-4-5-7-14(12)17-15/h4-10H,1-3H3/i4D,5D,6D,7D,8D,9D,10D. The van der Waals surface area contributed by atoms with Crippen molar-refractivity contribution >= 4 is 31.5 Å². The van der Waals surface area contributed by atoms with Crippen LogP contribution in [0.15, 0.2) is 42.3 Å². The molecule has 86 valence electrons. The molecule has 0 aliphatic rings. The number of fused-ring (bicyclic) bond motifs is 3. The minimum Gasteiger partial charge on any atom is -0.135 e. The highest BCUT2D eigenvalue weighted by Gasteiger charge is 2.15. The molecule has 0 spiro atoms. The lowest BCUT2D eigenvalue weighted by atomic mass is 9.86. The van der Waals surface area contributed by atoms with E-state index in [0.717, 1.165) is 11.3 Å². The van der Waals surface area contributed by atoms with Crippen molar-refractivity contribution in [2.75, 3.05) is 0 Å². The van der Waals surface area contributed by atoms with Crippen LogP contribution in [0.1, 0.15) is 35.9 Å². The van der Waals surface area contributed by atoms with Crippen molar-refractivity contribution in [2.45, 2.75) is 26.2 Å². The molecule has 0 aliphatic heterocycles. The van der Waals surface area contributed by atoms with Crippen molar-refractivity contribution in [2.24, 2.45) is 0 Å². The molecule has 1 aromatic heterocycles. The van der Waals surface area contributed by atoms with Gasteiger partial charge in [0.2, 0.25) is 0 Å². The lowest BCUT2D eigenvalue weighted by molar-refractivity contribution is 0.591. The minimum atomic E-state index is -0.516. The highest BCUT2D eigenvalue weighted by Crippen LogP contribution is 2.36. The van der Waals surface area contributed by atoms with Gasteiger partial charge in [-0.05, 0) is 29.1 Å². The average molecular weight is 247 g/mol. The lowest BCUT2D eigenvalue weighted by Crippen LogP contribution is -2.10. The first kappa shape index (κ1) is 5.53. The van der Waals surface area contributed by atoms with Crippen molar-refractivity contribution in [3.05, 3.63) is 47.9 Å². The summed E-state index contributed by atoms with van der Waals surface area (Å²) in [6.45, 7) is 5.61. The lowest BCUT2D eigenvalue weighted by Gasteiger charge is -2.18. The highest BCUT2D eigenvalue weighted by atomic mass is 32.1. The van der Waals surface area contributed by atoms with E-state index in [1.165, 1.54) is 0 Å². The monoisotopic (exact) mass is 247 g/mol. The normalized spacial score (nSPS) is 18.2. The van der Waals surface area contributed by atoms with Crippen LogP contribution in [0.4, 0.5) is 0 Å². The van der Waals surface area contributed by atoms with Gasteiger partial charge in [-0.3, -0.25) is 0 Å². The van der Waals surface area contributed by atoms with E-state index in [-0.39, 0.29) is 47.7 Å². The Morgan fingerprint density at radius 1 is 0.941 bits per heavy atom. The van der Waals surface area contributed by atoms with Gasteiger partial charge in [0.05, 0.1) is 9.60 Å². The predicted octanol–water partition coefficient (Wildman–Crippen LogP) is 5.35. The van der Waals surface area contributed by atoms with Crippen molar-refractivity contribution in [3.8, 4) is 0 Å². The van der Waals surface area contributed by atoms with Crippen molar-refractivity contribution in [1.29, 1.82) is 0 Å². The molecule has 0 radical (unpaired) electrons. The largest absolute Gasteiger partial charge is 0.135 e. The molecule has 0 N–H and O–H groups in total. The second-order valence-electron chi connectivity index (χ2n) is 5.01. The third-order valence-electron chi connectivity index (χ3n) is 2.64. The molecule has 3 rings (SSSR count). The van der Waals surface area contributed by atoms with Crippen LogP contribution in [0.2, 0.25) is 0 Å². The number of hydrogen-bond acceptors (Lipinski definition) is 1. The molecular formula is C16H16S. The molecule has 0 aliphatic carbocycles. The molecule has 3 aromatic rings. The summed E-state index contributed by atoms with van der Waals surface area (Å²) in [5, 5.41) is 0.637. The molecular weight excluding hydrogens is 224 g/mol. The van der Waals surface area contributed by atoms with E-state index in [1.54, 1.807) is 0 Å². The van der Waals surface area contributed by atoms with E-state index < -0.39 is 5.41 Å². The summed E-state index contributed by atoms with van der Waals surface area (Å²) in [4.78, 5) is 0. The van der Waals surface area contributed by atoms with E-state index >= 15 is 0 Å². The zero-order valence-electron chi connectivity index (χ0n) is 16.9. The number of hydrogen-bond donors (Lipinski definition) is 0. The maximum absolute atomic E-state index is 8.57. The Morgan fingerprint density at radius 2 is 1.65 bits per heavy atom. The summed E-state index contributed by atoms with van der Waals surface area (Å²) in [5.74, 6) is 0.